The molecule has 3 N–H and O–H groups in total. The number of rotatable bonds is 7. The summed E-state index contributed by atoms with van der Waals surface area (Å²) >= 11 is 1.12. The summed E-state index contributed by atoms with van der Waals surface area (Å²) in [6.45, 7) is 2.96. The predicted octanol–water partition coefficient (Wildman–Crippen LogP) is 1.97. The summed E-state index contributed by atoms with van der Waals surface area (Å²) < 4.78 is 29.7. The van der Waals surface area contributed by atoms with Crippen LogP contribution in [0.3, 0.4) is 0 Å². The lowest BCUT2D eigenvalue weighted by Crippen LogP contribution is -2.24. The maximum atomic E-state index is 12.3. The average Bonchev–Trinajstić information content (AvgIpc) is 3.02. The van der Waals surface area contributed by atoms with E-state index in [1.807, 2.05) is 0 Å². The number of sulfonamides is 1. The Balaban J connectivity index is 2.18. The molecule has 1 heterocycles. The molecule has 2 rings (SSSR count). The summed E-state index contributed by atoms with van der Waals surface area (Å²) in [7, 11) is -0.569. The number of nitrogens with one attached hydrogen (secondary N) is 1. The highest BCUT2D eigenvalue weighted by atomic mass is 32.2. The van der Waals surface area contributed by atoms with Crippen LogP contribution in [-0.2, 0) is 10.0 Å². The Bertz CT molecular complexity index is 576. The van der Waals surface area contributed by atoms with Crippen molar-refractivity contribution in [3.8, 4) is 0 Å². The minimum Gasteiger partial charge on any atom is -0.382 e. The molecule has 1 aliphatic rings. The summed E-state index contributed by atoms with van der Waals surface area (Å²) in [5.74, 6) is 0.0755. The molecule has 0 amide bonds. The molecule has 0 bridgehead atoms. The van der Waals surface area contributed by atoms with E-state index < -0.39 is 10.0 Å². The van der Waals surface area contributed by atoms with Crippen molar-refractivity contribution < 1.29 is 8.42 Å². The summed E-state index contributed by atoms with van der Waals surface area (Å²) in [6.07, 6.45) is 4.73. The van der Waals surface area contributed by atoms with Gasteiger partial charge in [-0.15, -0.1) is 0 Å². The van der Waals surface area contributed by atoms with Crippen LogP contribution in [-0.4, -0.2) is 37.7 Å². The van der Waals surface area contributed by atoms with Gasteiger partial charge in [-0.3, -0.25) is 0 Å². The van der Waals surface area contributed by atoms with Gasteiger partial charge in [0.25, 0.3) is 0 Å². The number of nitrogens with two attached hydrogens (primary N) is 1. The first kappa shape index (κ1) is 15.5. The van der Waals surface area contributed by atoms with E-state index in [1.54, 1.807) is 0 Å². The molecular weight excluding hydrogens is 296 g/mol. The minimum atomic E-state index is -3.56. The van der Waals surface area contributed by atoms with Crippen LogP contribution in [0.2, 0.25) is 0 Å². The highest BCUT2D eigenvalue weighted by Crippen LogP contribution is 2.50. The molecule has 1 saturated carbocycles. The molecule has 1 aromatic heterocycles. The fourth-order valence-electron chi connectivity index (χ4n) is 2.33. The van der Waals surface area contributed by atoms with Crippen LogP contribution < -0.4 is 11.1 Å². The second-order valence-electron chi connectivity index (χ2n) is 5.62. The van der Waals surface area contributed by atoms with Crippen LogP contribution in [0.4, 0.5) is 10.8 Å². The number of nitrogens with zero attached hydrogens (tertiary/aromatic N) is 2. The standard InChI is InChI=1S/C12H22N4O2S2/c1-4-5-12(6-7-12)8-14-11-9(10(13)15-19-11)20(17,18)16(2)3/h14H,4-8H2,1-3H3,(H2,13,15). The maximum Gasteiger partial charge on any atom is 0.249 e. The molecule has 0 aliphatic heterocycles. The monoisotopic (exact) mass is 318 g/mol. The van der Waals surface area contributed by atoms with Crippen molar-refractivity contribution in [2.75, 3.05) is 31.7 Å². The van der Waals surface area contributed by atoms with Crippen molar-refractivity contribution in [3.63, 3.8) is 0 Å². The summed E-state index contributed by atoms with van der Waals surface area (Å²) in [6, 6.07) is 0. The largest absolute Gasteiger partial charge is 0.382 e. The van der Waals surface area contributed by atoms with Gasteiger partial charge in [0.15, 0.2) is 10.7 Å². The molecule has 0 unspecified atom stereocenters. The molecule has 114 valence electrons. The molecule has 1 aliphatic carbocycles. The molecular formula is C12H22N4O2S2. The average molecular weight is 318 g/mol. The molecule has 8 heteroatoms. The van der Waals surface area contributed by atoms with Crippen molar-refractivity contribution in [1.29, 1.82) is 0 Å². The second-order valence-corrected chi connectivity index (χ2v) is 8.48. The quantitative estimate of drug-likeness (QED) is 0.802. The number of hydrogen-bond acceptors (Lipinski definition) is 6. The molecule has 0 atom stereocenters. The summed E-state index contributed by atoms with van der Waals surface area (Å²) in [5.41, 5.74) is 6.07. The molecule has 1 fully saturated rings. The van der Waals surface area contributed by atoms with Gasteiger partial charge < -0.3 is 11.1 Å². The maximum absolute atomic E-state index is 12.3. The SMILES string of the molecule is CCCC1(CNc2snc(N)c2S(=O)(=O)N(C)C)CC1. The fourth-order valence-corrected chi connectivity index (χ4v) is 4.40. The van der Waals surface area contributed by atoms with Crippen LogP contribution >= 0.6 is 11.5 Å². The zero-order valence-electron chi connectivity index (χ0n) is 12.1. The lowest BCUT2D eigenvalue weighted by atomic mass is 10.0. The zero-order valence-corrected chi connectivity index (χ0v) is 13.8. The molecule has 0 aromatic carbocycles. The smallest absolute Gasteiger partial charge is 0.249 e. The van der Waals surface area contributed by atoms with Crippen molar-refractivity contribution in [2.24, 2.45) is 5.41 Å². The van der Waals surface area contributed by atoms with Gasteiger partial charge >= 0.3 is 0 Å². The van der Waals surface area contributed by atoms with Gasteiger partial charge in [-0.25, -0.2) is 12.7 Å². The van der Waals surface area contributed by atoms with Crippen LogP contribution in [0.5, 0.6) is 0 Å². The Morgan fingerprint density at radius 2 is 2.10 bits per heavy atom. The van der Waals surface area contributed by atoms with Gasteiger partial charge in [-0.05, 0) is 36.2 Å². The highest BCUT2D eigenvalue weighted by Gasteiger charge is 2.41. The van der Waals surface area contributed by atoms with Gasteiger partial charge in [0, 0.05) is 20.6 Å². The van der Waals surface area contributed by atoms with E-state index >= 15 is 0 Å². The van der Waals surface area contributed by atoms with Crippen LogP contribution in [0, 0.1) is 5.41 Å². The number of hydrogen-bond donors (Lipinski definition) is 2. The molecule has 0 saturated heterocycles. The summed E-state index contributed by atoms with van der Waals surface area (Å²) in [4.78, 5) is 0.111. The molecule has 6 nitrogen and oxygen atoms in total. The molecule has 1 aromatic rings. The normalized spacial score (nSPS) is 17.4. The van der Waals surface area contributed by atoms with Gasteiger partial charge in [-0.1, -0.05) is 13.3 Å². The Morgan fingerprint density at radius 3 is 2.60 bits per heavy atom. The van der Waals surface area contributed by atoms with E-state index in [4.69, 9.17) is 5.73 Å². The Labute approximate surface area is 124 Å². The lowest BCUT2D eigenvalue weighted by molar-refractivity contribution is 0.485. The Morgan fingerprint density at radius 1 is 1.45 bits per heavy atom. The first-order chi connectivity index (χ1) is 9.32. The third-order valence-corrected chi connectivity index (χ3v) is 6.61. The molecule has 0 radical (unpaired) electrons. The predicted molar refractivity (Wildman–Crippen MR) is 82.5 cm³/mol. The topological polar surface area (TPSA) is 88.3 Å². The van der Waals surface area contributed by atoms with E-state index in [2.05, 4.69) is 16.6 Å². The summed E-state index contributed by atoms with van der Waals surface area (Å²) in [5, 5.41) is 3.81. The van der Waals surface area contributed by atoms with Crippen LogP contribution in [0.1, 0.15) is 32.6 Å². The number of aromatic nitrogens is 1. The zero-order chi connectivity index (χ0) is 15.0. The lowest BCUT2D eigenvalue weighted by Gasteiger charge is -2.17. The third-order valence-electron chi connectivity index (χ3n) is 3.77. The van der Waals surface area contributed by atoms with E-state index in [0.29, 0.717) is 10.4 Å². The van der Waals surface area contributed by atoms with Crippen LogP contribution in [0.15, 0.2) is 4.90 Å². The molecule has 20 heavy (non-hydrogen) atoms. The second kappa shape index (κ2) is 5.50. The van der Waals surface area contributed by atoms with E-state index in [9.17, 15) is 8.42 Å². The first-order valence-corrected chi connectivity index (χ1v) is 8.95. The van der Waals surface area contributed by atoms with Crippen molar-refractivity contribution >= 4 is 32.4 Å². The van der Waals surface area contributed by atoms with Crippen molar-refractivity contribution in [1.82, 2.24) is 8.68 Å². The molecule has 0 spiro atoms. The fraction of sp³-hybridized carbons (Fsp3) is 0.750. The van der Waals surface area contributed by atoms with Gasteiger partial charge in [0.05, 0.1) is 0 Å². The van der Waals surface area contributed by atoms with E-state index in [1.165, 1.54) is 33.4 Å². The van der Waals surface area contributed by atoms with Crippen molar-refractivity contribution in [2.45, 2.75) is 37.5 Å². The van der Waals surface area contributed by atoms with E-state index in [0.717, 1.165) is 28.8 Å². The Kier molecular flexibility index (Phi) is 4.27. The highest BCUT2D eigenvalue weighted by molar-refractivity contribution is 7.89. The Hall–Kier alpha value is -0.860. The van der Waals surface area contributed by atoms with Crippen molar-refractivity contribution in [3.05, 3.63) is 0 Å². The van der Waals surface area contributed by atoms with Gasteiger partial charge in [0.1, 0.15) is 5.00 Å². The number of anilines is 2. The minimum absolute atomic E-state index is 0.0755. The van der Waals surface area contributed by atoms with E-state index in [-0.39, 0.29) is 10.7 Å². The third kappa shape index (κ3) is 2.91. The van der Waals surface area contributed by atoms with Crippen LogP contribution in [0.25, 0.3) is 0 Å². The van der Waals surface area contributed by atoms with Gasteiger partial charge in [-0.2, -0.15) is 4.37 Å². The van der Waals surface area contributed by atoms with Gasteiger partial charge in [0.2, 0.25) is 10.0 Å². The number of nitrogen functional groups attached to an aromatic ring is 1. The first-order valence-electron chi connectivity index (χ1n) is 6.74.